The summed E-state index contributed by atoms with van der Waals surface area (Å²) >= 11 is 1.89. The third kappa shape index (κ3) is 4.30. The molecule has 0 saturated carbocycles. The smallest absolute Gasteiger partial charge is 0.164 e. The fraction of sp³-hybridized carbons (Fsp3) is 0. The van der Waals surface area contributed by atoms with Crippen molar-refractivity contribution in [2.24, 2.45) is 0 Å². The van der Waals surface area contributed by atoms with Gasteiger partial charge < -0.3 is 8.97 Å². The molecule has 0 spiro atoms. The summed E-state index contributed by atoms with van der Waals surface area (Å²) in [5.74, 6) is 1.91. The zero-order valence-corrected chi connectivity index (χ0v) is 31.2. The van der Waals surface area contributed by atoms with Gasteiger partial charge in [0.2, 0.25) is 0 Å². The first-order valence-electron chi connectivity index (χ1n) is 19.2. The molecule has 0 amide bonds. The summed E-state index contributed by atoms with van der Waals surface area (Å²) in [7, 11) is 0. The average Bonchev–Trinajstić information content (AvgIpc) is 3.91. The highest BCUT2D eigenvalue weighted by Gasteiger charge is 2.26. The Balaban J connectivity index is 1.16. The molecular formula is C51H29N5S. The number of nitrogens with zero attached hydrogens (tertiary/aromatic N) is 5. The SMILES string of the molecule is c1ccc(-c2nc(-c3ccccc3)nc(-c3ccc(-c4ccccc4)c(-n4c5ccc6sc7ccc8c9ccccc9n9c%10cccc4c%10c5c6c7c89)c3)n2)cc1. The molecule has 5 heterocycles. The van der Waals surface area contributed by atoms with Crippen LogP contribution >= 0.6 is 11.3 Å². The summed E-state index contributed by atoms with van der Waals surface area (Å²) < 4.78 is 7.63. The quantitative estimate of drug-likeness (QED) is 0.176. The van der Waals surface area contributed by atoms with Crippen molar-refractivity contribution in [2.45, 2.75) is 0 Å². The van der Waals surface area contributed by atoms with E-state index in [0.29, 0.717) is 17.5 Å². The maximum atomic E-state index is 5.15. The van der Waals surface area contributed by atoms with Crippen LogP contribution in [0.3, 0.4) is 0 Å². The predicted octanol–water partition coefficient (Wildman–Crippen LogP) is 13.4. The molecule has 5 aromatic heterocycles. The highest BCUT2D eigenvalue weighted by Crippen LogP contribution is 2.50. The van der Waals surface area contributed by atoms with Crippen molar-refractivity contribution in [2.75, 3.05) is 0 Å². The topological polar surface area (TPSA) is 48.0 Å². The Morgan fingerprint density at radius 2 is 0.947 bits per heavy atom. The van der Waals surface area contributed by atoms with Crippen LogP contribution < -0.4 is 0 Å². The zero-order valence-electron chi connectivity index (χ0n) is 30.4. The summed E-state index contributed by atoms with van der Waals surface area (Å²) in [6, 6.07) is 62.7. The van der Waals surface area contributed by atoms with Crippen molar-refractivity contribution in [1.82, 2.24) is 23.9 Å². The minimum Gasteiger partial charge on any atom is -0.308 e. The van der Waals surface area contributed by atoms with E-state index >= 15 is 0 Å². The molecule has 0 bridgehead atoms. The Bertz CT molecular complexity index is 3620. The van der Waals surface area contributed by atoms with Crippen molar-refractivity contribution < 1.29 is 0 Å². The molecule has 0 aliphatic rings. The molecule has 57 heavy (non-hydrogen) atoms. The van der Waals surface area contributed by atoms with E-state index in [1.54, 1.807) is 0 Å². The number of aromatic nitrogens is 5. The highest BCUT2D eigenvalue weighted by molar-refractivity contribution is 7.26. The van der Waals surface area contributed by atoms with Crippen molar-refractivity contribution in [1.29, 1.82) is 0 Å². The number of hydrogen-bond donors (Lipinski definition) is 0. The lowest BCUT2D eigenvalue weighted by atomic mass is 10.0. The van der Waals surface area contributed by atoms with Gasteiger partial charge in [-0.25, -0.2) is 15.0 Å². The van der Waals surface area contributed by atoms with Gasteiger partial charge >= 0.3 is 0 Å². The Labute approximate surface area is 330 Å². The first-order valence-corrected chi connectivity index (χ1v) is 20.0. The van der Waals surface area contributed by atoms with Crippen LogP contribution in [0.25, 0.3) is 120 Å². The molecule has 13 aromatic rings. The van der Waals surface area contributed by atoms with E-state index in [2.05, 4.69) is 148 Å². The lowest BCUT2D eigenvalue weighted by Gasteiger charge is -2.16. The van der Waals surface area contributed by atoms with E-state index in [9.17, 15) is 0 Å². The molecular weight excluding hydrogens is 715 g/mol. The molecule has 0 N–H and O–H groups in total. The molecule has 0 aliphatic carbocycles. The van der Waals surface area contributed by atoms with Gasteiger partial charge in [0.15, 0.2) is 17.5 Å². The molecule has 8 aromatic carbocycles. The highest BCUT2D eigenvalue weighted by atomic mass is 32.1. The van der Waals surface area contributed by atoms with E-state index in [4.69, 9.17) is 15.0 Å². The van der Waals surface area contributed by atoms with Gasteiger partial charge in [-0.05, 0) is 48.0 Å². The van der Waals surface area contributed by atoms with E-state index in [1.165, 1.54) is 63.8 Å². The zero-order chi connectivity index (χ0) is 37.2. The van der Waals surface area contributed by atoms with Crippen LogP contribution in [0, 0.1) is 0 Å². The first-order chi connectivity index (χ1) is 28.3. The number of para-hydroxylation sites is 1. The Hall–Kier alpha value is -7.41. The average molecular weight is 744 g/mol. The van der Waals surface area contributed by atoms with Crippen LogP contribution in [0.2, 0.25) is 0 Å². The Morgan fingerprint density at radius 3 is 1.68 bits per heavy atom. The van der Waals surface area contributed by atoms with E-state index in [0.717, 1.165) is 39.0 Å². The van der Waals surface area contributed by atoms with Crippen molar-refractivity contribution >= 4 is 80.6 Å². The van der Waals surface area contributed by atoms with Gasteiger partial charge in [-0.3, -0.25) is 0 Å². The molecule has 5 nitrogen and oxygen atoms in total. The molecule has 0 saturated heterocycles. The number of fused-ring (bicyclic) bond motifs is 4. The number of hydrogen-bond acceptors (Lipinski definition) is 4. The standard InChI is InChI=1S/C51H29N5S/c1-4-13-30(14-5-1)34-24-23-33(51-53-49(31-15-6-2-7-16-31)52-50(54-51)32-17-8-3-9-18-32)29-41(34)55-38-21-12-22-39-44(38)45-40(55)26-28-42-46(45)47-43(57-42)27-25-36-35-19-10-11-20-37(35)56(39)48(36)47/h1-29H. The lowest BCUT2D eigenvalue weighted by Crippen LogP contribution is -2.02. The number of rotatable bonds is 5. The Morgan fingerprint density at radius 1 is 0.368 bits per heavy atom. The summed E-state index contributed by atoms with van der Waals surface area (Å²) in [6.07, 6.45) is 0. The summed E-state index contributed by atoms with van der Waals surface area (Å²) in [6.45, 7) is 0. The molecule has 0 radical (unpaired) electrons. The van der Waals surface area contributed by atoms with Crippen molar-refractivity contribution in [3.05, 3.63) is 176 Å². The van der Waals surface area contributed by atoms with Crippen LogP contribution in [0.5, 0.6) is 0 Å². The number of thiophene rings is 1. The molecule has 0 atom stereocenters. The molecule has 0 unspecified atom stereocenters. The predicted molar refractivity (Wildman–Crippen MR) is 237 cm³/mol. The van der Waals surface area contributed by atoms with E-state index in [-0.39, 0.29) is 0 Å². The first kappa shape index (κ1) is 30.9. The van der Waals surface area contributed by atoms with Crippen LogP contribution in [0.15, 0.2) is 176 Å². The van der Waals surface area contributed by atoms with Crippen molar-refractivity contribution in [3.63, 3.8) is 0 Å². The molecule has 13 rings (SSSR count). The van der Waals surface area contributed by atoms with Gasteiger partial charge in [0.05, 0.1) is 33.3 Å². The van der Waals surface area contributed by atoms with Crippen molar-refractivity contribution in [3.8, 4) is 51.0 Å². The van der Waals surface area contributed by atoms with Crippen LogP contribution in [0.1, 0.15) is 0 Å². The summed E-state index contributed by atoms with van der Waals surface area (Å²) in [5.41, 5.74) is 12.2. The third-order valence-corrected chi connectivity index (χ3v) is 12.8. The van der Waals surface area contributed by atoms with Gasteiger partial charge in [0, 0.05) is 64.0 Å². The fourth-order valence-electron chi connectivity index (χ4n) is 9.28. The van der Waals surface area contributed by atoms with Gasteiger partial charge in [0.1, 0.15) is 0 Å². The van der Waals surface area contributed by atoms with Crippen LogP contribution in [-0.4, -0.2) is 23.9 Å². The molecule has 0 fully saturated rings. The second-order valence-electron chi connectivity index (χ2n) is 14.8. The maximum absolute atomic E-state index is 5.15. The van der Waals surface area contributed by atoms with Gasteiger partial charge in [-0.1, -0.05) is 133 Å². The second kappa shape index (κ2) is 11.6. The third-order valence-electron chi connectivity index (χ3n) is 11.7. The molecule has 0 aliphatic heterocycles. The summed E-state index contributed by atoms with van der Waals surface area (Å²) in [5, 5.41) is 7.82. The van der Waals surface area contributed by atoms with Crippen LogP contribution in [-0.2, 0) is 0 Å². The molecule has 264 valence electrons. The fourth-order valence-corrected chi connectivity index (χ4v) is 10.4. The largest absolute Gasteiger partial charge is 0.308 e. The Kier molecular flexibility index (Phi) is 6.26. The second-order valence-corrected chi connectivity index (χ2v) is 15.8. The van der Waals surface area contributed by atoms with Gasteiger partial charge in [-0.15, -0.1) is 11.3 Å². The molecule has 6 heteroatoms. The minimum absolute atomic E-state index is 0.628. The van der Waals surface area contributed by atoms with Gasteiger partial charge in [0.25, 0.3) is 0 Å². The lowest BCUT2D eigenvalue weighted by molar-refractivity contribution is 1.07. The summed E-state index contributed by atoms with van der Waals surface area (Å²) in [4.78, 5) is 15.3. The van der Waals surface area contributed by atoms with Gasteiger partial charge in [-0.2, -0.15) is 0 Å². The van der Waals surface area contributed by atoms with Crippen LogP contribution in [0.4, 0.5) is 0 Å². The monoisotopic (exact) mass is 743 g/mol. The number of benzene rings is 8. The van der Waals surface area contributed by atoms with E-state index < -0.39 is 0 Å². The maximum Gasteiger partial charge on any atom is 0.164 e. The normalized spacial score (nSPS) is 12.2. The minimum atomic E-state index is 0.628. The van der Waals surface area contributed by atoms with E-state index in [1.807, 2.05) is 47.7 Å².